The molecule has 2 aromatic rings. The molecule has 3 rings (SSSR count). The van der Waals surface area contributed by atoms with Crippen molar-refractivity contribution in [3.05, 3.63) is 42.2 Å². The molecule has 1 aliphatic heterocycles. The molecule has 0 aliphatic carbocycles. The van der Waals surface area contributed by atoms with Crippen LogP contribution in [0.25, 0.3) is 16.5 Å². The fraction of sp³-hybridized carbons (Fsp3) is 0.0833. The molecule has 0 saturated carbocycles. The molecular weight excluding hydrogens is 188 g/mol. The van der Waals surface area contributed by atoms with E-state index in [0.717, 1.165) is 16.7 Å². The molecule has 0 unspecified atom stereocenters. The van der Waals surface area contributed by atoms with Crippen LogP contribution in [0.15, 0.2) is 36.7 Å². The maximum Gasteiger partial charge on any atom is 0.228 e. The van der Waals surface area contributed by atoms with Gasteiger partial charge in [-0.05, 0) is 11.6 Å². The monoisotopic (exact) mass is 198 g/mol. The Hall–Kier alpha value is -2.03. The molecule has 0 saturated heterocycles. The predicted molar refractivity (Wildman–Crippen MR) is 59.0 cm³/mol. The second-order valence-corrected chi connectivity index (χ2v) is 3.66. The summed E-state index contributed by atoms with van der Waals surface area (Å²) in [5.74, 6) is 0.0651. The van der Waals surface area contributed by atoms with E-state index in [1.165, 1.54) is 5.39 Å². The van der Waals surface area contributed by atoms with Gasteiger partial charge in [-0.15, -0.1) is 0 Å². The van der Waals surface area contributed by atoms with Gasteiger partial charge in [-0.3, -0.25) is 4.79 Å². The van der Waals surface area contributed by atoms with Crippen LogP contribution < -0.4 is 5.32 Å². The third kappa shape index (κ3) is 1.24. The number of para-hydroxylation sites is 1. The fourth-order valence-corrected chi connectivity index (χ4v) is 1.95. The Balaban J connectivity index is 2.16. The van der Waals surface area contributed by atoms with E-state index < -0.39 is 0 Å². The summed E-state index contributed by atoms with van der Waals surface area (Å²) in [5, 5.41) is 3.87. The fourth-order valence-electron chi connectivity index (χ4n) is 1.95. The number of carbonyl (C=O) groups is 1. The van der Waals surface area contributed by atoms with E-state index in [1.54, 1.807) is 6.20 Å². The van der Waals surface area contributed by atoms with Gasteiger partial charge >= 0.3 is 0 Å². The highest BCUT2D eigenvalue weighted by Crippen LogP contribution is 2.28. The molecule has 3 heteroatoms. The first-order valence-corrected chi connectivity index (χ1v) is 4.89. The number of nitrogens with one attached hydrogen (secondary N) is 2. The van der Waals surface area contributed by atoms with E-state index in [-0.39, 0.29) is 5.91 Å². The van der Waals surface area contributed by atoms with E-state index >= 15 is 0 Å². The Morgan fingerprint density at radius 3 is 2.87 bits per heavy atom. The summed E-state index contributed by atoms with van der Waals surface area (Å²) >= 11 is 0. The smallest absolute Gasteiger partial charge is 0.228 e. The van der Waals surface area contributed by atoms with Crippen LogP contribution in [-0.2, 0) is 4.79 Å². The molecule has 1 aromatic heterocycles. The Labute approximate surface area is 86.8 Å². The lowest BCUT2D eigenvalue weighted by Crippen LogP contribution is -2.08. The van der Waals surface area contributed by atoms with Crippen LogP contribution in [0.4, 0.5) is 0 Å². The maximum absolute atomic E-state index is 11.1. The van der Waals surface area contributed by atoms with E-state index in [0.29, 0.717) is 6.42 Å². The van der Waals surface area contributed by atoms with Crippen LogP contribution in [0.1, 0.15) is 12.0 Å². The van der Waals surface area contributed by atoms with Crippen molar-refractivity contribution in [2.75, 3.05) is 0 Å². The summed E-state index contributed by atoms with van der Waals surface area (Å²) in [7, 11) is 0. The number of amides is 1. The first kappa shape index (κ1) is 8.29. The van der Waals surface area contributed by atoms with Gasteiger partial charge in [-0.1, -0.05) is 18.2 Å². The topological polar surface area (TPSA) is 44.9 Å². The quantitative estimate of drug-likeness (QED) is 0.723. The molecule has 1 aromatic carbocycles. The number of benzene rings is 1. The van der Waals surface area contributed by atoms with Crippen molar-refractivity contribution in [3.8, 4) is 0 Å². The molecule has 0 spiro atoms. The van der Waals surface area contributed by atoms with Crippen molar-refractivity contribution in [2.24, 2.45) is 0 Å². The zero-order valence-electron chi connectivity index (χ0n) is 8.08. The van der Waals surface area contributed by atoms with Crippen molar-refractivity contribution in [3.63, 3.8) is 0 Å². The number of fused-ring (bicyclic) bond motifs is 1. The molecule has 1 aliphatic rings. The summed E-state index contributed by atoms with van der Waals surface area (Å²) < 4.78 is 0. The molecule has 15 heavy (non-hydrogen) atoms. The van der Waals surface area contributed by atoms with Crippen molar-refractivity contribution in [2.45, 2.75) is 6.42 Å². The Morgan fingerprint density at radius 1 is 1.20 bits per heavy atom. The van der Waals surface area contributed by atoms with Gasteiger partial charge < -0.3 is 10.3 Å². The summed E-state index contributed by atoms with van der Waals surface area (Å²) in [5.41, 5.74) is 3.27. The van der Waals surface area contributed by atoms with Gasteiger partial charge in [-0.25, -0.2) is 0 Å². The number of rotatable bonds is 1. The average Bonchev–Trinajstić information content (AvgIpc) is 2.83. The number of H-pyrrole nitrogens is 1. The second-order valence-electron chi connectivity index (χ2n) is 3.66. The number of carbonyl (C=O) groups excluding carboxylic acids is 1. The van der Waals surface area contributed by atoms with Gasteiger partial charge in [0.15, 0.2) is 0 Å². The van der Waals surface area contributed by atoms with Crippen LogP contribution in [0.5, 0.6) is 0 Å². The van der Waals surface area contributed by atoms with Crippen LogP contribution in [0.2, 0.25) is 0 Å². The number of aromatic amines is 1. The minimum atomic E-state index is 0.0651. The summed E-state index contributed by atoms with van der Waals surface area (Å²) in [6, 6.07) is 8.09. The highest BCUT2D eigenvalue weighted by Gasteiger charge is 2.16. The van der Waals surface area contributed by atoms with Crippen molar-refractivity contribution in [1.29, 1.82) is 0 Å². The minimum absolute atomic E-state index is 0.0651. The summed E-state index contributed by atoms with van der Waals surface area (Å²) in [6.45, 7) is 0. The molecular formula is C12H10N2O. The lowest BCUT2D eigenvalue weighted by Gasteiger charge is -1.96. The first-order chi connectivity index (χ1) is 7.34. The normalized spacial score (nSPS) is 15.5. The Morgan fingerprint density at radius 2 is 2.07 bits per heavy atom. The summed E-state index contributed by atoms with van der Waals surface area (Å²) in [4.78, 5) is 14.3. The third-order valence-corrected chi connectivity index (χ3v) is 2.69. The number of aromatic nitrogens is 1. The highest BCUT2D eigenvalue weighted by atomic mass is 16.1. The molecule has 0 atom stereocenters. The molecule has 0 bridgehead atoms. The Kier molecular flexibility index (Phi) is 1.65. The van der Waals surface area contributed by atoms with Crippen LogP contribution >= 0.6 is 0 Å². The predicted octanol–water partition coefficient (Wildman–Crippen LogP) is 2.03. The van der Waals surface area contributed by atoms with Gasteiger partial charge in [0.1, 0.15) is 0 Å². The zero-order chi connectivity index (χ0) is 10.3. The van der Waals surface area contributed by atoms with Crippen molar-refractivity contribution in [1.82, 2.24) is 10.3 Å². The molecule has 0 fully saturated rings. The lowest BCUT2D eigenvalue weighted by molar-refractivity contribution is -0.118. The van der Waals surface area contributed by atoms with Gasteiger partial charge in [0.2, 0.25) is 5.91 Å². The van der Waals surface area contributed by atoms with Gasteiger partial charge in [0.05, 0.1) is 6.42 Å². The van der Waals surface area contributed by atoms with Crippen LogP contribution in [0, 0.1) is 0 Å². The third-order valence-electron chi connectivity index (χ3n) is 2.69. The van der Waals surface area contributed by atoms with Crippen molar-refractivity contribution < 1.29 is 4.79 Å². The van der Waals surface area contributed by atoms with Gasteiger partial charge in [-0.2, -0.15) is 0 Å². The Bertz CT molecular complexity index is 566. The minimum Gasteiger partial charge on any atom is -0.361 e. The number of hydrogen-bond acceptors (Lipinski definition) is 1. The van der Waals surface area contributed by atoms with E-state index in [9.17, 15) is 4.79 Å². The molecule has 1 amide bonds. The molecule has 3 nitrogen and oxygen atoms in total. The van der Waals surface area contributed by atoms with E-state index in [2.05, 4.69) is 16.4 Å². The standard InChI is InChI=1S/C12H10N2O/c15-12-5-8(6-14-12)10-7-13-11-4-2-1-3-9(10)11/h1-4,6-7,13H,5H2,(H,14,15). The summed E-state index contributed by atoms with van der Waals surface area (Å²) in [6.07, 6.45) is 4.22. The average molecular weight is 198 g/mol. The second kappa shape index (κ2) is 2.98. The SMILES string of the molecule is O=C1CC(c2c[nH]c3ccccc23)=CN1. The van der Waals surface area contributed by atoms with Crippen molar-refractivity contribution >= 4 is 22.4 Å². The molecule has 2 heterocycles. The van der Waals surface area contributed by atoms with Crippen LogP contribution in [0.3, 0.4) is 0 Å². The molecule has 2 N–H and O–H groups in total. The van der Waals surface area contributed by atoms with Gasteiger partial charge in [0.25, 0.3) is 0 Å². The molecule has 74 valence electrons. The van der Waals surface area contributed by atoms with Gasteiger partial charge in [0, 0.05) is 28.9 Å². The lowest BCUT2D eigenvalue weighted by atomic mass is 10.0. The van der Waals surface area contributed by atoms with E-state index in [1.807, 2.05) is 24.4 Å². The van der Waals surface area contributed by atoms with E-state index in [4.69, 9.17) is 0 Å². The first-order valence-electron chi connectivity index (χ1n) is 4.89. The highest BCUT2D eigenvalue weighted by molar-refractivity contribution is 6.01. The number of hydrogen-bond donors (Lipinski definition) is 2. The van der Waals surface area contributed by atoms with Crippen LogP contribution in [-0.4, -0.2) is 10.9 Å². The zero-order valence-corrected chi connectivity index (χ0v) is 8.08. The largest absolute Gasteiger partial charge is 0.361 e. The maximum atomic E-state index is 11.1. The molecule has 0 radical (unpaired) electrons.